The number of nitrogens with zero attached hydrogens (tertiary/aromatic N) is 3. The molecule has 180 valence electrons. The van der Waals surface area contributed by atoms with Gasteiger partial charge in [-0.15, -0.1) is 5.10 Å². The van der Waals surface area contributed by atoms with E-state index >= 15 is 0 Å². The smallest absolute Gasteiger partial charge is 0.325 e. The van der Waals surface area contributed by atoms with Crippen molar-refractivity contribution in [3.8, 4) is 0 Å². The number of amides is 1. The number of H-pyrrole nitrogens is 2. The van der Waals surface area contributed by atoms with Crippen LogP contribution in [0.4, 0.5) is 5.82 Å². The normalized spacial score (nSPS) is 10.4. The van der Waals surface area contributed by atoms with Crippen molar-refractivity contribution in [1.82, 2.24) is 25.0 Å². The van der Waals surface area contributed by atoms with Crippen LogP contribution in [-0.2, 0) is 6.54 Å². The number of aromatic nitrogens is 5. The summed E-state index contributed by atoms with van der Waals surface area (Å²) in [5.41, 5.74) is 11.2. The Balaban J connectivity index is 0.000000363. The van der Waals surface area contributed by atoms with Crippen LogP contribution in [0, 0.1) is 0 Å². The van der Waals surface area contributed by atoms with E-state index in [1.54, 1.807) is 36.4 Å². The Bertz CT molecular complexity index is 1460. The van der Waals surface area contributed by atoms with Crippen molar-refractivity contribution >= 4 is 52.3 Å². The third-order valence-corrected chi connectivity index (χ3v) is 5.31. The quantitative estimate of drug-likeness (QED) is 0.282. The highest BCUT2D eigenvalue weighted by Gasteiger charge is 2.19. The molecule has 0 atom stereocenters. The summed E-state index contributed by atoms with van der Waals surface area (Å²) in [4.78, 5) is 48.6. The van der Waals surface area contributed by atoms with Crippen LogP contribution in [0.1, 0.15) is 32.0 Å². The average molecular weight is 537 g/mol. The average Bonchev–Trinajstić information content (AvgIpc) is 3.14. The molecule has 0 saturated carbocycles. The van der Waals surface area contributed by atoms with Crippen LogP contribution >= 0.6 is 34.8 Å². The van der Waals surface area contributed by atoms with Gasteiger partial charge >= 0.3 is 5.69 Å². The second-order valence-electron chi connectivity index (χ2n) is 6.91. The lowest BCUT2D eigenvalue weighted by atomic mass is 10.0. The second-order valence-corrected chi connectivity index (χ2v) is 8.16. The number of anilines is 1. The van der Waals surface area contributed by atoms with Gasteiger partial charge in [-0.1, -0.05) is 40.0 Å². The van der Waals surface area contributed by atoms with Gasteiger partial charge in [0.05, 0.1) is 22.2 Å². The van der Waals surface area contributed by atoms with Crippen LogP contribution < -0.4 is 22.7 Å². The molecule has 4 aromatic rings. The minimum absolute atomic E-state index is 0.0241. The van der Waals surface area contributed by atoms with Crippen molar-refractivity contribution < 1.29 is 9.59 Å². The molecule has 0 aliphatic heterocycles. The summed E-state index contributed by atoms with van der Waals surface area (Å²) in [5.74, 6) is -1.08. The molecule has 0 bridgehead atoms. The van der Waals surface area contributed by atoms with Crippen molar-refractivity contribution in [2.75, 3.05) is 5.73 Å². The van der Waals surface area contributed by atoms with Gasteiger partial charge in [0.2, 0.25) is 0 Å². The molecule has 0 fully saturated rings. The number of carbonyl (C=O) groups is 2. The number of aromatic amines is 2. The third-order valence-electron chi connectivity index (χ3n) is 4.46. The van der Waals surface area contributed by atoms with Gasteiger partial charge in [-0.25, -0.2) is 9.48 Å². The van der Waals surface area contributed by atoms with Gasteiger partial charge in [-0.05, 0) is 42.0 Å². The Hall–Kier alpha value is -3.93. The molecule has 0 aliphatic carbocycles. The predicted molar refractivity (Wildman–Crippen MR) is 131 cm³/mol. The van der Waals surface area contributed by atoms with Crippen LogP contribution in [0.2, 0.25) is 15.1 Å². The van der Waals surface area contributed by atoms with E-state index in [9.17, 15) is 19.2 Å². The molecule has 2 aromatic carbocycles. The zero-order valence-corrected chi connectivity index (χ0v) is 19.9. The molecule has 0 saturated heterocycles. The van der Waals surface area contributed by atoms with Crippen molar-refractivity contribution in [3.05, 3.63) is 107 Å². The number of nitrogens with one attached hydrogen (secondary N) is 2. The van der Waals surface area contributed by atoms with Crippen molar-refractivity contribution in [2.45, 2.75) is 6.54 Å². The maximum atomic E-state index is 12.7. The highest BCUT2D eigenvalue weighted by Crippen LogP contribution is 2.30. The minimum atomic E-state index is -0.779. The van der Waals surface area contributed by atoms with E-state index < -0.39 is 11.6 Å². The highest BCUT2D eigenvalue weighted by molar-refractivity contribution is 6.41. The first-order chi connectivity index (χ1) is 16.6. The molecule has 0 spiro atoms. The van der Waals surface area contributed by atoms with Gasteiger partial charge in [0, 0.05) is 22.8 Å². The summed E-state index contributed by atoms with van der Waals surface area (Å²) >= 11 is 18.4. The fourth-order valence-electron chi connectivity index (χ4n) is 2.85. The van der Waals surface area contributed by atoms with Gasteiger partial charge in [0.25, 0.3) is 11.5 Å². The number of carbonyl (C=O) groups excluding carboxylic acids is 2. The van der Waals surface area contributed by atoms with Gasteiger partial charge in [-0.3, -0.25) is 19.4 Å². The van der Waals surface area contributed by atoms with Gasteiger partial charge in [0.15, 0.2) is 17.3 Å². The molecular weight excluding hydrogens is 521 g/mol. The van der Waals surface area contributed by atoms with E-state index in [2.05, 4.69) is 15.3 Å². The van der Waals surface area contributed by atoms with Crippen LogP contribution in [0.5, 0.6) is 0 Å². The summed E-state index contributed by atoms with van der Waals surface area (Å²) in [6.07, 6.45) is 1.29. The molecule has 2 heterocycles. The predicted octanol–water partition coefficient (Wildman–Crippen LogP) is 2.26. The Morgan fingerprint density at radius 3 is 2.11 bits per heavy atom. The fraction of sp³-hybridized carbons (Fsp3) is 0.0476. The lowest BCUT2D eigenvalue weighted by Gasteiger charge is -2.10. The summed E-state index contributed by atoms with van der Waals surface area (Å²) in [5, 5.41) is 8.27. The Morgan fingerprint density at radius 2 is 1.63 bits per heavy atom. The van der Waals surface area contributed by atoms with Crippen molar-refractivity contribution in [3.63, 3.8) is 0 Å². The number of rotatable bonds is 5. The van der Waals surface area contributed by atoms with E-state index in [4.69, 9.17) is 46.3 Å². The maximum Gasteiger partial charge on any atom is 0.325 e. The third kappa shape index (κ3) is 6.35. The van der Waals surface area contributed by atoms with Crippen LogP contribution in [-0.4, -0.2) is 36.7 Å². The summed E-state index contributed by atoms with van der Waals surface area (Å²) < 4.78 is 1.28. The molecule has 2 aromatic heterocycles. The van der Waals surface area contributed by atoms with E-state index in [1.165, 1.54) is 16.9 Å². The summed E-state index contributed by atoms with van der Waals surface area (Å²) in [7, 11) is 0. The molecular formula is C21H16Cl3N7O4. The molecule has 1 amide bonds. The minimum Gasteiger partial charge on any atom is -0.382 e. The lowest BCUT2D eigenvalue weighted by molar-refractivity contribution is 0.0994. The number of halogens is 3. The summed E-state index contributed by atoms with van der Waals surface area (Å²) in [6.45, 7) is 0.140. The zero-order chi connectivity index (χ0) is 25.7. The number of nitrogen functional groups attached to an aromatic ring is 1. The van der Waals surface area contributed by atoms with Gasteiger partial charge < -0.3 is 16.5 Å². The van der Waals surface area contributed by atoms with Crippen LogP contribution in [0.3, 0.4) is 0 Å². The van der Waals surface area contributed by atoms with Crippen LogP contribution in [0.15, 0.2) is 58.3 Å². The molecule has 6 N–H and O–H groups in total. The first-order valence-corrected chi connectivity index (χ1v) is 10.7. The molecule has 0 unspecified atom stereocenters. The number of hydrogen-bond donors (Lipinski definition) is 4. The highest BCUT2D eigenvalue weighted by atomic mass is 35.5. The number of hydrogen-bond acceptors (Lipinski definition) is 7. The Labute approximate surface area is 211 Å². The van der Waals surface area contributed by atoms with Crippen molar-refractivity contribution in [1.29, 1.82) is 0 Å². The van der Waals surface area contributed by atoms with Gasteiger partial charge in [-0.2, -0.15) is 0 Å². The molecule has 11 nitrogen and oxygen atoms in total. The van der Waals surface area contributed by atoms with Gasteiger partial charge in [0.1, 0.15) is 0 Å². The zero-order valence-electron chi connectivity index (χ0n) is 17.6. The largest absolute Gasteiger partial charge is 0.382 e. The number of ketones is 1. The summed E-state index contributed by atoms with van der Waals surface area (Å²) in [6, 6.07) is 10.8. The standard InChI is InChI=1S/C17H12Cl3N5O2.C4H4N2O2/c18-10-3-1-9(2-4-10)15(26)13-11(19)5-8(6-12(13)20)7-25-16(21)14(17(22)27)23-24-25;7-3-1-2-5-4(8)6-3/h1-6H,7,21H2,(H2,22,27);1-2H,(H2,5,6,7,8). The topological polar surface area (TPSA) is 183 Å². The molecule has 0 aliphatic rings. The fourth-order valence-corrected chi connectivity index (χ4v) is 3.68. The lowest BCUT2D eigenvalue weighted by Crippen LogP contribution is -2.19. The molecule has 14 heteroatoms. The SMILES string of the molecule is NC(=O)c1nnn(Cc2cc(Cl)c(C(=O)c3ccc(Cl)cc3)c(Cl)c2)c1N.O=c1cc[nH]c(=O)[nH]1. The van der Waals surface area contributed by atoms with E-state index in [-0.39, 0.29) is 45.0 Å². The maximum absolute atomic E-state index is 12.7. The monoisotopic (exact) mass is 535 g/mol. The number of benzene rings is 2. The van der Waals surface area contributed by atoms with E-state index in [0.717, 1.165) is 0 Å². The van der Waals surface area contributed by atoms with Crippen LogP contribution in [0.25, 0.3) is 0 Å². The molecule has 35 heavy (non-hydrogen) atoms. The first-order valence-electron chi connectivity index (χ1n) is 9.61. The number of nitrogens with two attached hydrogens (primary N) is 2. The van der Waals surface area contributed by atoms with Crippen molar-refractivity contribution in [2.24, 2.45) is 5.73 Å². The number of primary amides is 1. The Kier molecular flexibility index (Phi) is 8.07. The van der Waals surface area contributed by atoms with E-state index in [1.807, 2.05) is 4.98 Å². The second kappa shape index (κ2) is 11.0. The van der Waals surface area contributed by atoms with E-state index in [0.29, 0.717) is 16.1 Å². The Morgan fingerprint density at radius 1 is 1.00 bits per heavy atom. The molecule has 4 rings (SSSR count). The first kappa shape index (κ1) is 25.7. The molecule has 0 radical (unpaired) electrons.